The van der Waals surface area contributed by atoms with Gasteiger partial charge in [0.25, 0.3) is 5.91 Å². The standard InChI is InChI=1S/C21H21F3N2O3/c22-17-7-5-15(6-8-17)20(28)26-11-1-2-16(13-26)19(27)25-12-14-3-9-18(10-4-14)29-21(23)24/h3-10,16,21H,1-2,11-13H2,(H,25,27). The van der Waals surface area contributed by atoms with Gasteiger partial charge in [0.2, 0.25) is 5.91 Å². The van der Waals surface area contributed by atoms with Gasteiger partial charge in [-0.3, -0.25) is 9.59 Å². The van der Waals surface area contributed by atoms with Crippen LogP contribution in [0.2, 0.25) is 0 Å². The lowest BCUT2D eigenvalue weighted by atomic mass is 9.96. The Morgan fingerprint density at radius 2 is 1.79 bits per heavy atom. The number of amides is 2. The lowest BCUT2D eigenvalue weighted by molar-refractivity contribution is -0.126. The summed E-state index contributed by atoms with van der Waals surface area (Å²) in [4.78, 5) is 26.7. The fraction of sp³-hybridized carbons (Fsp3) is 0.333. The van der Waals surface area contributed by atoms with Crippen LogP contribution in [-0.4, -0.2) is 36.4 Å². The van der Waals surface area contributed by atoms with E-state index in [2.05, 4.69) is 10.1 Å². The van der Waals surface area contributed by atoms with Crippen molar-refractivity contribution in [2.45, 2.75) is 26.0 Å². The van der Waals surface area contributed by atoms with E-state index in [4.69, 9.17) is 0 Å². The predicted molar refractivity (Wildman–Crippen MR) is 99.9 cm³/mol. The van der Waals surface area contributed by atoms with E-state index in [1.807, 2.05) is 0 Å². The number of nitrogens with zero attached hydrogens (tertiary/aromatic N) is 1. The summed E-state index contributed by atoms with van der Waals surface area (Å²) in [5.41, 5.74) is 1.13. The number of nitrogens with one attached hydrogen (secondary N) is 1. The molecule has 29 heavy (non-hydrogen) atoms. The molecule has 2 aromatic carbocycles. The Balaban J connectivity index is 1.52. The summed E-state index contributed by atoms with van der Waals surface area (Å²) >= 11 is 0. The van der Waals surface area contributed by atoms with Crippen LogP contribution < -0.4 is 10.1 Å². The van der Waals surface area contributed by atoms with Crippen molar-refractivity contribution in [1.29, 1.82) is 0 Å². The Morgan fingerprint density at radius 3 is 2.45 bits per heavy atom. The third-order valence-electron chi connectivity index (χ3n) is 4.79. The minimum atomic E-state index is -2.88. The van der Waals surface area contributed by atoms with Crippen LogP contribution in [0.5, 0.6) is 5.75 Å². The maximum atomic E-state index is 13.0. The van der Waals surface area contributed by atoms with E-state index < -0.39 is 12.4 Å². The second kappa shape index (κ2) is 9.45. The number of alkyl halides is 2. The normalized spacial score (nSPS) is 16.6. The van der Waals surface area contributed by atoms with Crippen molar-refractivity contribution in [3.8, 4) is 5.75 Å². The molecule has 0 bridgehead atoms. The summed E-state index contributed by atoms with van der Waals surface area (Å²) in [7, 11) is 0. The van der Waals surface area contributed by atoms with Gasteiger partial charge in [0.05, 0.1) is 5.92 Å². The number of rotatable bonds is 6. The van der Waals surface area contributed by atoms with E-state index in [1.54, 1.807) is 17.0 Å². The highest BCUT2D eigenvalue weighted by molar-refractivity contribution is 5.94. The maximum absolute atomic E-state index is 13.0. The van der Waals surface area contributed by atoms with Gasteiger partial charge in [0, 0.05) is 25.2 Å². The van der Waals surface area contributed by atoms with Crippen molar-refractivity contribution in [3.05, 3.63) is 65.5 Å². The quantitative estimate of drug-likeness (QED) is 0.798. The average Bonchev–Trinajstić information content (AvgIpc) is 2.73. The molecule has 8 heteroatoms. The molecule has 2 amide bonds. The first kappa shape index (κ1) is 20.7. The fourth-order valence-electron chi connectivity index (χ4n) is 3.27. The Labute approximate surface area is 166 Å². The molecule has 0 aromatic heterocycles. The van der Waals surface area contributed by atoms with Crippen LogP contribution in [0.4, 0.5) is 13.2 Å². The number of benzene rings is 2. The van der Waals surface area contributed by atoms with E-state index >= 15 is 0 Å². The van der Waals surface area contributed by atoms with Gasteiger partial charge < -0.3 is 15.0 Å². The molecule has 1 aliphatic rings. The third-order valence-corrected chi connectivity index (χ3v) is 4.79. The van der Waals surface area contributed by atoms with Crippen LogP contribution in [-0.2, 0) is 11.3 Å². The number of piperidine rings is 1. The molecule has 1 fully saturated rings. The first-order valence-corrected chi connectivity index (χ1v) is 9.28. The Bertz CT molecular complexity index is 841. The average molecular weight is 406 g/mol. The van der Waals surface area contributed by atoms with Crippen LogP contribution in [0.1, 0.15) is 28.8 Å². The van der Waals surface area contributed by atoms with Crippen molar-refractivity contribution >= 4 is 11.8 Å². The predicted octanol–water partition coefficient (Wildman–Crippen LogP) is 3.60. The van der Waals surface area contributed by atoms with Crippen LogP contribution in [0, 0.1) is 11.7 Å². The molecule has 1 N–H and O–H groups in total. The van der Waals surface area contributed by atoms with Gasteiger partial charge in [-0.05, 0) is 54.8 Å². The van der Waals surface area contributed by atoms with Crippen molar-refractivity contribution in [3.63, 3.8) is 0 Å². The Hall–Kier alpha value is -3.03. The van der Waals surface area contributed by atoms with E-state index in [0.717, 1.165) is 5.56 Å². The van der Waals surface area contributed by atoms with E-state index in [0.29, 0.717) is 31.5 Å². The zero-order valence-corrected chi connectivity index (χ0v) is 15.6. The fourth-order valence-corrected chi connectivity index (χ4v) is 3.27. The van der Waals surface area contributed by atoms with Crippen molar-refractivity contribution in [2.75, 3.05) is 13.1 Å². The molecule has 0 radical (unpaired) electrons. The topological polar surface area (TPSA) is 58.6 Å². The molecule has 1 atom stereocenters. The SMILES string of the molecule is O=C(NCc1ccc(OC(F)F)cc1)C1CCCN(C(=O)c2ccc(F)cc2)C1. The van der Waals surface area contributed by atoms with Crippen LogP contribution in [0.25, 0.3) is 0 Å². The number of halogens is 3. The maximum Gasteiger partial charge on any atom is 0.387 e. The molecule has 1 aliphatic heterocycles. The highest BCUT2D eigenvalue weighted by Crippen LogP contribution is 2.20. The first-order chi connectivity index (χ1) is 13.9. The lowest BCUT2D eigenvalue weighted by Crippen LogP contribution is -2.45. The van der Waals surface area contributed by atoms with Crippen LogP contribution in [0.3, 0.4) is 0 Å². The molecule has 3 rings (SSSR count). The van der Waals surface area contributed by atoms with Crippen molar-refractivity contribution in [2.24, 2.45) is 5.92 Å². The summed E-state index contributed by atoms with van der Waals surface area (Å²) in [5, 5.41) is 2.82. The summed E-state index contributed by atoms with van der Waals surface area (Å²) in [6.45, 7) is -1.79. The lowest BCUT2D eigenvalue weighted by Gasteiger charge is -2.32. The van der Waals surface area contributed by atoms with Crippen LogP contribution >= 0.6 is 0 Å². The van der Waals surface area contributed by atoms with Gasteiger partial charge in [-0.2, -0.15) is 8.78 Å². The molecule has 1 heterocycles. The van der Waals surface area contributed by atoms with E-state index in [9.17, 15) is 22.8 Å². The zero-order valence-electron chi connectivity index (χ0n) is 15.6. The largest absolute Gasteiger partial charge is 0.435 e. The number of hydrogen-bond donors (Lipinski definition) is 1. The second-order valence-electron chi connectivity index (χ2n) is 6.84. The smallest absolute Gasteiger partial charge is 0.387 e. The number of carbonyl (C=O) groups excluding carboxylic acids is 2. The van der Waals surface area contributed by atoms with Crippen LogP contribution in [0.15, 0.2) is 48.5 Å². The molecular weight excluding hydrogens is 385 g/mol. The molecular formula is C21H21F3N2O3. The monoisotopic (exact) mass is 406 g/mol. The summed E-state index contributed by atoms with van der Waals surface area (Å²) in [6, 6.07) is 11.4. The van der Waals surface area contributed by atoms with E-state index in [1.165, 1.54) is 36.4 Å². The van der Waals surface area contributed by atoms with Gasteiger partial charge in [-0.1, -0.05) is 12.1 Å². The summed E-state index contributed by atoms with van der Waals surface area (Å²) in [6.07, 6.45) is 1.37. The van der Waals surface area contributed by atoms with Crippen molar-refractivity contribution < 1.29 is 27.5 Å². The number of carbonyl (C=O) groups is 2. The number of likely N-dealkylation sites (tertiary alicyclic amines) is 1. The number of hydrogen-bond acceptors (Lipinski definition) is 3. The molecule has 2 aromatic rings. The first-order valence-electron chi connectivity index (χ1n) is 9.28. The van der Waals surface area contributed by atoms with Gasteiger partial charge in [-0.25, -0.2) is 4.39 Å². The molecule has 0 aliphatic carbocycles. The summed E-state index contributed by atoms with van der Waals surface area (Å²) in [5.74, 6) is -1.09. The Morgan fingerprint density at radius 1 is 1.10 bits per heavy atom. The summed E-state index contributed by atoms with van der Waals surface area (Å²) < 4.78 is 41.7. The van der Waals surface area contributed by atoms with Gasteiger partial charge in [-0.15, -0.1) is 0 Å². The minimum absolute atomic E-state index is 0.0531. The second-order valence-corrected chi connectivity index (χ2v) is 6.84. The van der Waals surface area contributed by atoms with Crippen molar-refractivity contribution in [1.82, 2.24) is 10.2 Å². The van der Waals surface area contributed by atoms with E-state index in [-0.39, 0.29) is 30.0 Å². The molecule has 154 valence electrons. The highest BCUT2D eigenvalue weighted by Gasteiger charge is 2.28. The van der Waals surface area contributed by atoms with Gasteiger partial charge in [0.15, 0.2) is 0 Å². The Kier molecular flexibility index (Phi) is 6.74. The van der Waals surface area contributed by atoms with Gasteiger partial charge >= 0.3 is 6.61 Å². The highest BCUT2D eigenvalue weighted by atomic mass is 19.3. The molecule has 5 nitrogen and oxygen atoms in total. The number of ether oxygens (including phenoxy) is 1. The molecule has 1 unspecified atom stereocenters. The molecule has 1 saturated heterocycles. The zero-order chi connectivity index (χ0) is 20.8. The van der Waals surface area contributed by atoms with Gasteiger partial charge in [0.1, 0.15) is 11.6 Å². The molecule has 0 saturated carbocycles. The third kappa shape index (κ3) is 5.73. The minimum Gasteiger partial charge on any atom is -0.435 e. The molecule has 0 spiro atoms.